The fourth-order valence-corrected chi connectivity index (χ4v) is 2.60. The molecule has 0 aliphatic carbocycles. The zero-order valence-electron chi connectivity index (χ0n) is 11.4. The minimum atomic E-state index is 0.583. The van der Waals surface area contributed by atoms with Crippen molar-refractivity contribution in [1.82, 2.24) is 15.2 Å². The first-order chi connectivity index (χ1) is 8.84. The van der Waals surface area contributed by atoms with E-state index in [1.807, 2.05) is 18.5 Å². The first kappa shape index (κ1) is 13.5. The molecule has 0 spiro atoms. The second-order valence-electron chi connectivity index (χ2n) is 5.33. The molecule has 0 amide bonds. The number of hydrogen-bond donors (Lipinski definition) is 1. The maximum Gasteiger partial charge on any atom is 0.0300 e. The summed E-state index contributed by atoms with van der Waals surface area (Å²) in [7, 11) is 0. The normalized spacial score (nSPS) is 18.7. The number of pyridine rings is 1. The van der Waals surface area contributed by atoms with Crippen LogP contribution in [0, 0.1) is 0 Å². The Morgan fingerprint density at radius 2 is 2.17 bits per heavy atom. The number of nitrogens with one attached hydrogen (secondary N) is 1. The van der Waals surface area contributed by atoms with Gasteiger partial charge in [-0.15, -0.1) is 0 Å². The monoisotopic (exact) mass is 247 g/mol. The van der Waals surface area contributed by atoms with E-state index in [-0.39, 0.29) is 0 Å². The van der Waals surface area contributed by atoms with E-state index in [1.165, 1.54) is 44.5 Å². The predicted molar refractivity (Wildman–Crippen MR) is 75.7 cm³/mol. The molecule has 0 saturated carbocycles. The second kappa shape index (κ2) is 7.49. The number of hydrogen-bond acceptors (Lipinski definition) is 3. The third kappa shape index (κ3) is 4.75. The summed E-state index contributed by atoms with van der Waals surface area (Å²) < 4.78 is 0. The van der Waals surface area contributed by atoms with Crippen molar-refractivity contribution in [2.45, 2.75) is 38.6 Å². The average molecular weight is 247 g/mol. The highest BCUT2D eigenvalue weighted by atomic mass is 15.1. The number of rotatable bonds is 6. The van der Waals surface area contributed by atoms with Gasteiger partial charge in [-0.1, -0.05) is 12.5 Å². The molecule has 1 aliphatic rings. The van der Waals surface area contributed by atoms with Crippen LogP contribution in [0.2, 0.25) is 0 Å². The van der Waals surface area contributed by atoms with Gasteiger partial charge >= 0.3 is 0 Å². The minimum Gasteiger partial charge on any atom is -0.313 e. The van der Waals surface area contributed by atoms with Crippen LogP contribution in [0.1, 0.15) is 31.7 Å². The minimum absolute atomic E-state index is 0.583. The molecule has 1 N–H and O–H groups in total. The Hall–Kier alpha value is -0.930. The van der Waals surface area contributed by atoms with Crippen molar-refractivity contribution in [2.75, 3.05) is 26.2 Å². The van der Waals surface area contributed by atoms with Crippen LogP contribution in [-0.4, -0.2) is 42.1 Å². The molecule has 2 heterocycles. The van der Waals surface area contributed by atoms with E-state index < -0.39 is 0 Å². The summed E-state index contributed by atoms with van der Waals surface area (Å²) in [5, 5.41) is 3.61. The van der Waals surface area contributed by atoms with Crippen molar-refractivity contribution in [3.63, 3.8) is 0 Å². The van der Waals surface area contributed by atoms with E-state index in [1.54, 1.807) is 0 Å². The molecular weight excluding hydrogens is 222 g/mol. The maximum atomic E-state index is 4.14. The van der Waals surface area contributed by atoms with E-state index in [2.05, 4.69) is 28.2 Å². The third-order valence-electron chi connectivity index (χ3n) is 3.61. The van der Waals surface area contributed by atoms with E-state index in [9.17, 15) is 0 Å². The average Bonchev–Trinajstić information content (AvgIpc) is 2.41. The Balaban J connectivity index is 1.61. The van der Waals surface area contributed by atoms with E-state index in [4.69, 9.17) is 0 Å². The Morgan fingerprint density at radius 3 is 2.89 bits per heavy atom. The standard InChI is InChI=1S/C15H25N3/c1-14(13-18-10-3-2-4-11-18)17-9-7-15-6-5-8-16-12-15/h5-6,8,12,14,17H,2-4,7,9-11,13H2,1H3. The summed E-state index contributed by atoms with van der Waals surface area (Å²) in [5.74, 6) is 0. The molecule has 1 aromatic heterocycles. The van der Waals surface area contributed by atoms with Gasteiger partial charge in [-0.25, -0.2) is 0 Å². The van der Waals surface area contributed by atoms with Crippen LogP contribution in [0.25, 0.3) is 0 Å². The molecule has 3 heteroatoms. The molecule has 1 saturated heterocycles. The van der Waals surface area contributed by atoms with Crippen molar-refractivity contribution in [3.8, 4) is 0 Å². The molecule has 0 radical (unpaired) electrons. The van der Waals surface area contributed by atoms with Crippen molar-refractivity contribution in [1.29, 1.82) is 0 Å². The van der Waals surface area contributed by atoms with Gasteiger partial charge < -0.3 is 10.2 Å². The van der Waals surface area contributed by atoms with Gasteiger partial charge in [0.05, 0.1) is 0 Å². The summed E-state index contributed by atoms with van der Waals surface area (Å²) in [5.41, 5.74) is 1.31. The maximum absolute atomic E-state index is 4.14. The zero-order valence-corrected chi connectivity index (χ0v) is 11.4. The van der Waals surface area contributed by atoms with Gasteiger partial charge in [0.15, 0.2) is 0 Å². The van der Waals surface area contributed by atoms with E-state index in [0.717, 1.165) is 13.0 Å². The summed E-state index contributed by atoms with van der Waals surface area (Å²) in [6, 6.07) is 4.73. The number of aromatic nitrogens is 1. The molecule has 1 aromatic rings. The molecule has 18 heavy (non-hydrogen) atoms. The molecule has 1 atom stereocenters. The Labute approximate surface area is 111 Å². The lowest BCUT2D eigenvalue weighted by Gasteiger charge is -2.29. The van der Waals surface area contributed by atoms with Crippen LogP contribution in [-0.2, 0) is 6.42 Å². The van der Waals surface area contributed by atoms with Crippen molar-refractivity contribution in [3.05, 3.63) is 30.1 Å². The van der Waals surface area contributed by atoms with Gasteiger partial charge in [0.1, 0.15) is 0 Å². The lowest BCUT2D eigenvalue weighted by atomic mass is 10.1. The van der Waals surface area contributed by atoms with Gasteiger partial charge in [0.25, 0.3) is 0 Å². The SMILES string of the molecule is CC(CN1CCCCC1)NCCc1cccnc1. The van der Waals surface area contributed by atoms with Gasteiger partial charge in [-0.2, -0.15) is 0 Å². The van der Waals surface area contributed by atoms with Crippen LogP contribution >= 0.6 is 0 Å². The van der Waals surface area contributed by atoms with E-state index in [0.29, 0.717) is 6.04 Å². The number of likely N-dealkylation sites (tertiary alicyclic amines) is 1. The molecular formula is C15H25N3. The van der Waals surface area contributed by atoms with Crippen LogP contribution in [0.3, 0.4) is 0 Å². The van der Waals surface area contributed by atoms with Crippen molar-refractivity contribution >= 4 is 0 Å². The second-order valence-corrected chi connectivity index (χ2v) is 5.33. The highest BCUT2D eigenvalue weighted by molar-refractivity contribution is 5.08. The third-order valence-corrected chi connectivity index (χ3v) is 3.61. The Bertz CT molecular complexity index is 320. The van der Waals surface area contributed by atoms with Crippen molar-refractivity contribution in [2.24, 2.45) is 0 Å². The summed E-state index contributed by atoms with van der Waals surface area (Å²) in [4.78, 5) is 6.73. The molecule has 0 bridgehead atoms. The summed E-state index contributed by atoms with van der Waals surface area (Å²) >= 11 is 0. The smallest absolute Gasteiger partial charge is 0.0300 e. The molecule has 0 aromatic carbocycles. The van der Waals surface area contributed by atoms with Crippen LogP contribution < -0.4 is 5.32 Å². The predicted octanol–water partition coefficient (Wildman–Crippen LogP) is 2.09. The Morgan fingerprint density at radius 1 is 1.33 bits per heavy atom. The Kier molecular flexibility index (Phi) is 5.62. The lowest BCUT2D eigenvalue weighted by molar-refractivity contribution is 0.209. The molecule has 1 unspecified atom stereocenters. The van der Waals surface area contributed by atoms with Gasteiger partial charge in [0, 0.05) is 25.0 Å². The highest BCUT2D eigenvalue weighted by Gasteiger charge is 2.12. The highest BCUT2D eigenvalue weighted by Crippen LogP contribution is 2.08. The van der Waals surface area contributed by atoms with Crippen molar-refractivity contribution < 1.29 is 0 Å². The van der Waals surface area contributed by atoms with Crippen LogP contribution in [0.15, 0.2) is 24.5 Å². The molecule has 2 rings (SSSR count). The molecule has 3 nitrogen and oxygen atoms in total. The lowest BCUT2D eigenvalue weighted by Crippen LogP contribution is -2.42. The quantitative estimate of drug-likeness (QED) is 0.834. The van der Waals surface area contributed by atoms with Crippen LogP contribution in [0.4, 0.5) is 0 Å². The molecule has 100 valence electrons. The van der Waals surface area contributed by atoms with Gasteiger partial charge in [-0.05, 0) is 57.5 Å². The van der Waals surface area contributed by atoms with Crippen LogP contribution in [0.5, 0.6) is 0 Å². The topological polar surface area (TPSA) is 28.2 Å². The number of nitrogens with zero attached hydrogens (tertiary/aromatic N) is 2. The largest absolute Gasteiger partial charge is 0.313 e. The fourth-order valence-electron chi connectivity index (χ4n) is 2.60. The molecule has 1 aliphatic heterocycles. The first-order valence-corrected chi connectivity index (χ1v) is 7.19. The number of piperidine rings is 1. The fraction of sp³-hybridized carbons (Fsp3) is 0.667. The summed E-state index contributed by atoms with van der Waals surface area (Å²) in [6.45, 7) is 7.09. The van der Waals surface area contributed by atoms with Gasteiger partial charge in [0.2, 0.25) is 0 Å². The summed E-state index contributed by atoms with van der Waals surface area (Å²) in [6.07, 6.45) is 9.02. The first-order valence-electron chi connectivity index (χ1n) is 7.19. The molecule has 1 fully saturated rings. The van der Waals surface area contributed by atoms with E-state index >= 15 is 0 Å². The zero-order chi connectivity index (χ0) is 12.6. The van der Waals surface area contributed by atoms with Gasteiger partial charge in [-0.3, -0.25) is 4.98 Å².